The van der Waals surface area contributed by atoms with Crippen LogP contribution >= 0.6 is 0 Å². The van der Waals surface area contributed by atoms with Crippen LogP contribution in [0.4, 0.5) is 0 Å². The van der Waals surface area contributed by atoms with E-state index < -0.39 is 0 Å². The van der Waals surface area contributed by atoms with Crippen molar-refractivity contribution in [3.05, 3.63) is 42.2 Å². The molecule has 78 valence electrons. The summed E-state index contributed by atoms with van der Waals surface area (Å²) in [5.41, 5.74) is 9.37. The molecule has 0 radical (unpaired) electrons. The molecule has 15 heavy (non-hydrogen) atoms. The number of aromatic nitrogens is 2. The number of nitrogens with zero attached hydrogens (tertiary/aromatic N) is 2. The van der Waals surface area contributed by atoms with Crippen LogP contribution in [0.1, 0.15) is 18.5 Å². The number of aryl methyl sites for hydroxylation is 1. The lowest BCUT2D eigenvalue weighted by molar-refractivity contribution is 0.768. The molecule has 0 saturated carbocycles. The first-order valence-electron chi connectivity index (χ1n) is 5.02. The average molecular weight is 201 g/mol. The van der Waals surface area contributed by atoms with Crippen molar-refractivity contribution in [2.24, 2.45) is 12.8 Å². The fraction of sp³-hybridized carbons (Fsp3) is 0.250. The van der Waals surface area contributed by atoms with Gasteiger partial charge in [0, 0.05) is 24.8 Å². The lowest BCUT2D eigenvalue weighted by Crippen LogP contribution is -2.06. The Morgan fingerprint density at radius 2 is 2.07 bits per heavy atom. The molecule has 0 aliphatic rings. The van der Waals surface area contributed by atoms with Gasteiger partial charge >= 0.3 is 0 Å². The van der Waals surface area contributed by atoms with Crippen molar-refractivity contribution >= 4 is 0 Å². The maximum Gasteiger partial charge on any atom is 0.0568 e. The van der Waals surface area contributed by atoms with Gasteiger partial charge in [-0.3, -0.25) is 4.68 Å². The molecule has 2 N–H and O–H groups in total. The maximum atomic E-state index is 5.93. The van der Waals surface area contributed by atoms with Crippen LogP contribution in [0, 0.1) is 0 Å². The number of nitrogens with two attached hydrogens (primary N) is 1. The minimum Gasteiger partial charge on any atom is -0.324 e. The largest absolute Gasteiger partial charge is 0.324 e. The molecule has 0 bridgehead atoms. The molecule has 0 aliphatic heterocycles. The highest BCUT2D eigenvalue weighted by Crippen LogP contribution is 2.26. The summed E-state index contributed by atoms with van der Waals surface area (Å²) >= 11 is 0. The van der Waals surface area contributed by atoms with E-state index in [1.54, 1.807) is 4.68 Å². The molecule has 3 heteroatoms. The zero-order valence-electron chi connectivity index (χ0n) is 9.01. The third kappa shape index (κ3) is 1.92. The fourth-order valence-corrected chi connectivity index (χ4v) is 1.72. The summed E-state index contributed by atoms with van der Waals surface area (Å²) in [5.74, 6) is 0. The van der Waals surface area contributed by atoms with Crippen LogP contribution in [0.5, 0.6) is 0 Å². The summed E-state index contributed by atoms with van der Waals surface area (Å²) in [6.07, 6.45) is 3.86. The Hall–Kier alpha value is -1.61. The van der Waals surface area contributed by atoms with Crippen molar-refractivity contribution in [1.29, 1.82) is 0 Å². The van der Waals surface area contributed by atoms with Crippen LogP contribution in [-0.2, 0) is 7.05 Å². The third-order valence-electron chi connectivity index (χ3n) is 2.47. The standard InChI is InChI=1S/C12H15N3/c1-9(13)11-5-3-4-6-12(11)10-7-14-15(2)8-10/h3-9H,13H2,1-2H3. The Kier molecular flexibility index (Phi) is 2.56. The van der Waals surface area contributed by atoms with Crippen LogP contribution in [0.3, 0.4) is 0 Å². The van der Waals surface area contributed by atoms with Crippen molar-refractivity contribution in [3.8, 4) is 11.1 Å². The van der Waals surface area contributed by atoms with E-state index in [9.17, 15) is 0 Å². The molecule has 3 nitrogen and oxygen atoms in total. The smallest absolute Gasteiger partial charge is 0.0568 e. The molecule has 0 aliphatic carbocycles. The van der Waals surface area contributed by atoms with E-state index in [2.05, 4.69) is 17.2 Å². The summed E-state index contributed by atoms with van der Waals surface area (Å²) in [5, 5.41) is 4.17. The first-order valence-corrected chi connectivity index (χ1v) is 5.02. The van der Waals surface area contributed by atoms with Gasteiger partial charge in [-0.05, 0) is 18.1 Å². The SMILES string of the molecule is CC(N)c1ccccc1-c1cnn(C)c1. The van der Waals surface area contributed by atoms with Crippen molar-refractivity contribution in [2.45, 2.75) is 13.0 Å². The minimum atomic E-state index is 0.0430. The first kappa shape index (κ1) is 9.93. The van der Waals surface area contributed by atoms with Crippen LogP contribution in [0.15, 0.2) is 36.7 Å². The number of hydrogen-bond acceptors (Lipinski definition) is 2. The quantitative estimate of drug-likeness (QED) is 0.808. The van der Waals surface area contributed by atoms with Gasteiger partial charge in [-0.15, -0.1) is 0 Å². The zero-order valence-corrected chi connectivity index (χ0v) is 9.01. The second-order valence-electron chi connectivity index (χ2n) is 3.78. The molecular weight excluding hydrogens is 186 g/mol. The van der Waals surface area contributed by atoms with Gasteiger partial charge < -0.3 is 5.73 Å². The highest BCUT2D eigenvalue weighted by Gasteiger charge is 2.08. The summed E-state index contributed by atoms with van der Waals surface area (Å²) in [6.45, 7) is 2.00. The van der Waals surface area contributed by atoms with E-state index in [4.69, 9.17) is 5.73 Å². The molecule has 2 aromatic rings. The van der Waals surface area contributed by atoms with Gasteiger partial charge in [-0.1, -0.05) is 24.3 Å². The lowest BCUT2D eigenvalue weighted by Gasteiger charge is -2.10. The highest BCUT2D eigenvalue weighted by molar-refractivity contribution is 5.66. The van der Waals surface area contributed by atoms with Gasteiger partial charge in [-0.2, -0.15) is 5.10 Å². The maximum absolute atomic E-state index is 5.93. The molecule has 0 amide bonds. The van der Waals surface area contributed by atoms with Gasteiger partial charge in [0.15, 0.2) is 0 Å². The third-order valence-corrected chi connectivity index (χ3v) is 2.47. The van der Waals surface area contributed by atoms with Gasteiger partial charge in [0.1, 0.15) is 0 Å². The molecule has 0 fully saturated rings. The molecule has 0 spiro atoms. The van der Waals surface area contributed by atoms with Gasteiger partial charge in [0.2, 0.25) is 0 Å². The molecule has 1 aromatic carbocycles. The second kappa shape index (κ2) is 3.87. The summed E-state index contributed by atoms with van der Waals surface area (Å²) < 4.78 is 1.80. The molecule has 1 unspecified atom stereocenters. The van der Waals surface area contributed by atoms with Crippen LogP contribution in [-0.4, -0.2) is 9.78 Å². The first-order chi connectivity index (χ1) is 7.18. The van der Waals surface area contributed by atoms with Crippen molar-refractivity contribution in [2.75, 3.05) is 0 Å². The van der Waals surface area contributed by atoms with Gasteiger partial charge in [0.05, 0.1) is 6.20 Å². The molecular formula is C12H15N3. The fourth-order valence-electron chi connectivity index (χ4n) is 1.72. The monoisotopic (exact) mass is 201 g/mol. The Labute approximate surface area is 89.5 Å². The summed E-state index contributed by atoms with van der Waals surface area (Å²) in [6, 6.07) is 8.22. The Morgan fingerprint density at radius 1 is 1.33 bits per heavy atom. The normalized spacial score (nSPS) is 12.7. The van der Waals surface area contributed by atoms with Gasteiger partial charge in [0.25, 0.3) is 0 Å². The molecule has 2 rings (SSSR count). The summed E-state index contributed by atoms with van der Waals surface area (Å²) in [7, 11) is 1.91. The topological polar surface area (TPSA) is 43.8 Å². The predicted molar refractivity (Wildman–Crippen MR) is 61.2 cm³/mol. The van der Waals surface area contributed by atoms with Crippen molar-refractivity contribution in [3.63, 3.8) is 0 Å². The molecule has 1 heterocycles. The van der Waals surface area contributed by atoms with E-state index in [0.717, 1.165) is 11.1 Å². The molecule has 1 aromatic heterocycles. The lowest BCUT2D eigenvalue weighted by atomic mass is 9.98. The van der Waals surface area contributed by atoms with E-state index in [1.165, 1.54) is 5.56 Å². The van der Waals surface area contributed by atoms with E-state index >= 15 is 0 Å². The predicted octanol–water partition coefficient (Wildman–Crippen LogP) is 2.11. The van der Waals surface area contributed by atoms with Crippen LogP contribution in [0.25, 0.3) is 11.1 Å². The Bertz CT molecular complexity index is 457. The molecule has 0 saturated heterocycles. The average Bonchev–Trinajstić information content (AvgIpc) is 2.65. The van der Waals surface area contributed by atoms with E-state index in [1.807, 2.05) is 38.5 Å². The second-order valence-corrected chi connectivity index (χ2v) is 3.78. The number of rotatable bonds is 2. The van der Waals surface area contributed by atoms with E-state index in [0.29, 0.717) is 0 Å². The van der Waals surface area contributed by atoms with Crippen molar-refractivity contribution in [1.82, 2.24) is 9.78 Å². The number of benzene rings is 1. The minimum absolute atomic E-state index is 0.0430. The highest BCUT2D eigenvalue weighted by atomic mass is 15.2. The van der Waals surface area contributed by atoms with Crippen LogP contribution < -0.4 is 5.73 Å². The Balaban J connectivity index is 2.52. The molecule has 1 atom stereocenters. The van der Waals surface area contributed by atoms with Crippen molar-refractivity contribution < 1.29 is 0 Å². The van der Waals surface area contributed by atoms with Gasteiger partial charge in [-0.25, -0.2) is 0 Å². The van der Waals surface area contributed by atoms with Crippen LogP contribution in [0.2, 0.25) is 0 Å². The van der Waals surface area contributed by atoms with E-state index in [-0.39, 0.29) is 6.04 Å². The zero-order chi connectivity index (χ0) is 10.8. The number of hydrogen-bond donors (Lipinski definition) is 1. The Morgan fingerprint density at radius 3 is 2.67 bits per heavy atom. The summed E-state index contributed by atoms with van der Waals surface area (Å²) in [4.78, 5) is 0.